The Hall–Kier alpha value is -3.92. The second-order valence-corrected chi connectivity index (χ2v) is 8.62. The first-order valence-corrected chi connectivity index (χ1v) is 10.9. The number of aromatic amines is 1. The molecule has 1 aromatic heterocycles. The first-order chi connectivity index (χ1) is 15.4. The van der Waals surface area contributed by atoms with Crippen LogP contribution in [-0.2, 0) is 9.84 Å². The Morgan fingerprint density at radius 1 is 0.906 bits per heavy atom. The molecule has 0 radical (unpaired) electrons. The average Bonchev–Trinajstić information content (AvgIpc) is 3.30. The van der Waals surface area contributed by atoms with Crippen molar-refractivity contribution in [3.05, 3.63) is 84.4 Å². The summed E-state index contributed by atoms with van der Waals surface area (Å²) < 4.78 is 48.4. The molecule has 0 saturated carbocycles. The third kappa shape index (κ3) is 4.26. The molecule has 1 amide bonds. The number of rotatable bonds is 6. The molecular formula is C22H16F2N4O3S. The molecule has 7 nitrogen and oxygen atoms in total. The topological polar surface area (TPSA) is 105 Å². The van der Waals surface area contributed by atoms with E-state index in [-0.39, 0.29) is 5.56 Å². The molecule has 0 aliphatic rings. The van der Waals surface area contributed by atoms with Gasteiger partial charge in [-0.15, -0.1) is 0 Å². The third-order valence-corrected chi connectivity index (χ3v) is 6.03. The van der Waals surface area contributed by atoms with Crippen molar-refractivity contribution in [3.63, 3.8) is 0 Å². The summed E-state index contributed by atoms with van der Waals surface area (Å²) in [5.74, 6) is -3.13. The number of benzene rings is 3. The summed E-state index contributed by atoms with van der Waals surface area (Å²) in [6.45, 7) is 0. The predicted octanol–water partition coefficient (Wildman–Crippen LogP) is 4.39. The van der Waals surface area contributed by atoms with Crippen LogP contribution in [0, 0.1) is 0 Å². The summed E-state index contributed by atoms with van der Waals surface area (Å²) >= 11 is 0. The fourth-order valence-corrected chi connectivity index (χ4v) is 3.71. The van der Waals surface area contributed by atoms with Gasteiger partial charge in [-0.05, 0) is 36.4 Å². The fraction of sp³-hybridized carbons (Fsp3) is 0.0455. The monoisotopic (exact) mass is 454 g/mol. The van der Waals surface area contributed by atoms with Crippen molar-refractivity contribution in [2.75, 3.05) is 5.32 Å². The highest BCUT2D eigenvalue weighted by Crippen LogP contribution is 2.27. The third-order valence-electron chi connectivity index (χ3n) is 4.63. The lowest BCUT2D eigenvalue weighted by atomic mass is 10.1. The number of amides is 1. The first-order valence-electron chi connectivity index (χ1n) is 9.37. The van der Waals surface area contributed by atoms with Gasteiger partial charge >= 0.3 is 5.76 Å². The van der Waals surface area contributed by atoms with Crippen LogP contribution in [0.5, 0.6) is 0 Å². The van der Waals surface area contributed by atoms with Crippen molar-refractivity contribution in [1.29, 1.82) is 0 Å². The zero-order valence-corrected chi connectivity index (χ0v) is 17.2. The molecule has 32 heavy (non-hydrogen) atoms. The molecular weight excluding hydrogens is 438 g/mol. The normalized spacial score (nSPS) is 11.5. The number of para-hydroxylation sites is 1. The molecule has 3 aromatic carbocycles. The van der Waals surface area contributed by atoms with E-state index in [1.165, 1.54) is 12.1 Å². The van der Waals surface area contributed by atoms with Crippen LogP contribution in [0.3, 0.4) is 0 Å². The molecule has 10 heteroatoms. The number of nitrogens with one attached hydrogen (secondary N) is 2. The summed E-state index contributed by atoms with van der Waals surface area (Å²) in [7, 11) is -4.73. The number of carbonyl (C=O) groups is 1. The molecule has 0 fully saturated rings. The SMILES string of the molecule is O=C(Nc1ccccc1-c1nc(-c2ccccc2)n[nH]1)c1ccc(S(=O)(=O)C(F)F)cc1. The molecule has 4 rings (SSSR count). The van der Waals surface area contributed by atoms with Gasteiger partial charge in [-0.2, -0.15) is 13.9 Å². The second kappa shape index (κ2) is 8.67. The highest BCUT2D eigenvalue weighted by atomic mass is 32.2. The minimum absolute atomic E-state index is 0.107. The molecule has 0 aliphatic carbocycles. The van der Waals surface area contributed by atoms with Crippen LogP contribution in [0.2, 0.25) is 0 Å². The Bertz CT molecular complexity index is 1360. The number of hydrogen-bond donors (Lipinski definition) is 2. The quantitative estimate of drug-likeness (QED) is 0.450. The highest BCUT2D eigenvalue weighted by Gasteiger charge is 2.26. The van der Waals surface area contributed by atoms with Gasteiger partial charge in [-0.3, -0.25) is 9.89 Å². The van der Waals surface area contributed by atoms with Crippen molar-refractivity contribution in [1.82, 2.24) is 15.2 Å². The molecule has 0 aliphatic heterocycles. The van der Waals surface area contributed by atoms with Crippen molar-refractivity contribution < 1.29 is 22.0 Å². The Morgan fingerprint density at radius 3 is 2.25 bits per heavy atom. The largest absolute Gasteiger partial charge is 0.341 e. The minimum Gasteiger partial charge on any atom is -0.321 e. The maximum atomic E-state index is 12.7. The van der Waals surface area contributed by atoms with E-state index < -0.39 is 26.4 Å². The number of halogens is 2. The summed E-state index contributed by atoms with van der Waals surface area (Å²) in [6, 6.07) is 20.6. The van der Waals surface area contributed by atoms with Crippen LogP contribution in [0.4, 0.5) is 14.5 Å². The minimum atomic E-state index is -4.73. The van der Waals surface area contributed by atoms with Crippen LogP contribution < -0.4 is 5.32 Å². The fourth-order valence-electron chi connectivity index (χ4n) is 2.99. The van der Waals surface area contributed by atoms with Gasteiger partial charge in [0, 0.05) is 16.7 Å². The van der Waals surface area contributed by atoms with E-state index in [1.54, 1.807) is 24.3 Å². The van der Waals surface area contributed by atoms with Crippen LogP contribution in [0.15, 0.2) is 83.8 Å². The Balaban J connectivity index is 1.58. The Morgan fingerprint density at radius 2 is 1.56 bits per heavy atom. The number of nitrogens with zero attached hydrogens (tertiary/aromatic N) is 2. The van der Waals surface area contributed by atoms with Gasteiger partial charge < -0.3 is 5.32 Å². The van der Waals surface area contributed by atoms with E-state index in [2.05, 4.69) is 20.5 Å². The van der Waals surface area contributed by atoms with E-state index in [9.17, 15) is 22.0 Å². The van der Waals surface area contributed by atoms with Crippen molar-refractivity contribution in [3.8, 4) is 22.8 Å². The summed E-state index contributed by atoms with van der Waals surface area (Å²) in [5, 5.41) is 9.81. The highest BCUT2D eigenvalue weighted by molar-refractivity contribution is 7.91. The van der Waals surface area contributed by atoms with Gasteiger partial charge in [0.15, 0.2) is 11.6 Å². The van der Waals surface area contributed by atoms with Crippen molar-refractivity contribution in [2.24, 2.45) is 0 Å². The average molecular weight is 454 g/mol. The molecule has 4 aromatic rings. The maximum Gasteiger partial charge on any atom is 0.341 e. The standard InChI is InChI=1S/C22H16F2N4O3S/c23-22(24)32(30,31)16-12-10-15(11-13-16)21(29)25-18-9-5-4-8-17(18)20-26-19(27-28-20)14-6-2-1-3-7-14/h1-13,22H,(H,25,29)(H,26,27,28). The van der Waals surface area contributed by atoms with E-state index in [4.69, 9.17) is 0 Å². The number of anilines is 1. The summed E-state index contributed by atoms with van der Waals surface area (Å²) in [5.41, 5.74) is 1.97. The Labute approximate surface area is 182 Å². The van der Waals surface area contributed by atoms with Crippen LogP contribution >= 0.6 is 0 Å². The van der Waals surface area contributed by atoms with E-state index in [0.717, 1.165) is 17.7 Å². The molecule has 0 unspecified atom stereocenters. The number of aromatic nitrogens is 3. The van der Waals surface area contributed by atoms with Gasteiger partial charge in [0.2, 0.25) is 9.84 Å². The van der Waals surface area contributed by atoms with Gasteiger partial charge in [0.1, 0.15) is 0 Å². The lowest BCUT2D eigenvalue weighted by Crippen LogP contribution is -2.14. The summed E-state index contributed by atoms with van der Waals surface area (Å²) in [6.07, 6.45) is 0. The number of hydrogen-bond acceptors (Lipinski definition) is 5. The molecule has 162 valence electrons. The lowest BCUT2D eigenvalue weighted by Gasteiger charge is -2.10. The van der Waals surface area contributed by atoms with Gasteiger partial charge in [0.25, 0.3) is 5.91 Å². The van der Waals surface area contributed by atoms with Crippen LogP contribution in [0.25, 0.3) is 22.8 Å². The van der Waals surface area contributed by atoms with Gasteiger partial charge in [-0.1, -0.05) is 42.5 Å². The van der Waals surface area contributed by atoms with E-state index in [1.807, 2.05) is 30.3 Å². The summed E-state index contributed by atoms with van der Waals surface area (Å²) in [4.78, 5) is 16.6. The van der Waals surface area contributed by atoms with Crippen molar-refractivity contribution >= 4 is 21.4 Å². The van der Waals surface area contributed by atoms with Crippen molar-refractivity contribution in [2.45, 2.75) is 10.7 Å². The van der Waals surface area contributed by atoms with Gasteiger partial charge in [-0.25, -0.2) is 13.4 Å². The van der Waals surface area contributed by atoms with E-state index in [0.29, 0.717) is 22.9 Å². The Kier molecular flexibility index (Phi) is 5.78. The second-order valence-electron chi connectivity index (χ2n) is 6.70. The lowest BCUT2D eigenvalue weighted by molar-refractivity contribution is 0.102. The molecule has 0 atom stereocenters. The number of carbonyl (C=O) groups excluding carboxylic acids is 1. The first kappa shape index (κ1) is 21.3. The smallest absolute Gasteiger partial charge is 0.321 e. The van der Waals surface area contributed by atoms with Crippen LogP contribution in [0.1, 0.15) is 10.4 Å². The van der Waals surface area contributed by atoms with Gasteiger partial charge in [0.05, 0.1) is 10.6 Å². The molecule has 0 saturated heterocycles. The van der Waals surface area contributed by atoms with Crippen LogP contribution in [-0.4, -0.2) is 35.3 Å². The number of sulfone groups is 1. The molecule has 1 heterocycles. The molecule has 0 bridgehead atoms. The maximum absolute atomic E-state index is 12.7. The zero-order chi connectivity index (χ0) is 22.7. The van der Waals surface area contributed by atoms with E-state index >= 15 is 0 Å². The predicted molar refractivity (Wildman–Crippen MR) is 115 cm³/mol. The number of H-pyrrole nitrogens is 1. The zero-order valence-electron chi connectivity index (χ0n) is 16.4. The molecule has 0 spiro atoms. The molecule has 2 N–H and O–H groups in total. The number of alkyl halides is 2.